The van der Waals surface area contributed by atoms with Crippen LogP contribution in [-0.4, -0.2) is 40.3 Å². The van der Waals surface area contributed by atoms with Crippen molar-refractivity contribution in [1.29, 1.82) is 0 Å². The van der Waals surface area contributed by atoms with E-state index in [1.54, 1.807) is 12.1 Å². The molecule has 7 heteroatoms. The largest absolute Gasteiger partial charge is 0.465 e. The van der Waals surface area contributed by atoms with E-state index >= 15 is 0 Å². The molecule has 6 nitrogen and oxygen atoms in total. The van der Waals surface area contributed by atoms with Gasteiger partial charge in [0.1, 0.15) is 0 Å². The zero-order valence-electron chi connectivity index (χ0n) is 12.1. The van der Waals surface area contributed by atoms with Gasteiger partial charge in [-0.2, -0.15) is 0 Å². The number of rotatable bonds is 4. The summed E-state index contributed by atoms with van der Waals surface area (Å²) in [5.74, 6) is -0.381. The molecule has 1 aromatic carbocycles. The average molecular weight is 312 g/mol. The average Bonchev–Trinajstić information content (AvgIpc) is 2.54. The first kappa shape index (κ1) is 15.9. The molecular weight excluding hydrogens is 292 g/mol. The summed E-state index contributed by atoms with van der Waals surface area (Å²) in [6, 6.07) is 7.02. The summed E-state index contributed by atoms with van der Waals surface area (Å²) in [4.78, 5) is 11.4. The van der Waals surface area contributed by atoms with E-state index in [4.69, 9.17) is 0 Å². The van der Waals surface area contributed by atoms with E-state index in [0.717, 1.165) is 5.56 Å². The van der Waals surface area contributed by atoms with Gasteiger partial charge in [0.05, 0.1) is 17.9 Å². The molecular formula is C14H20N2O4S. The lowest BCUT2D eigenvalue weighted by Crippen LogP contribution is -2.42. The second-order valence-corrected chi connectivity index (χ2v) is 7.18. The summed E-state index contributed by atoms with van der Waals surface area (Å²) in [6.07, 6.45) is 1.11. The van der Waals surface area contributed by atoms with Crippen LogP contribution in [0.5, 0.6) is 0 Å². The Morgan fingerprint density at radius 1 is 1.33 bits per heavy atom. The molecule has 0 amide bonds. The van der Waals surface area contributed by atoms with Crippen LogP contribution in [0.2, 0.25) is 0 Å². The first-order valence-electron chi connectivity index (χ1n) is 6.82. The lowest BCUT2D eigenvalue weighted by atomic mass is 9.96. The van der Waals surface area contributed by atoms with Crippen molar-refractivity contribution in [2.75, 3.05) is 20.7 Å². The molecule has 21 heavy (non-hydrogen) atoms. The molecule has 2 atom stereocenters. The maximum absolute atomic E-state index is 11.9. The van der Waals surface area contributed by atoms with Gasteiger partial charge in [-0.05, 0) is 44.1 Å². The van der Waals surface area contributed by atoms with Crippen molar-refractivity contribution in [3.63, 3.8) is 0 Å². The van der Waals surface area contributed by atoms with E-state index in [-0.39, 0.29) is 12.0 Å². The van der Waals surface area contributed by atoms with Crippen molar-refractivity contribution in [2.45, 2.75) is 24.1 Å². The molecule has 1 aliphatic heterocycles. The van der Waals surface area contributed by atoms with Crippen LogP contribution in [0.3, 0.4) is 0 Å². The number of hydrogen-bond donors (Lipinski definition) is 2. The molecule has 1 aliphatic rings. The molecule has 0 unspecified atom stereocenters. The quantitative estimate of drug-likeness (QED) is 0.804. The van der Waals surface area contributed by atoms with Gasteiger partial charge in [-0.15, -0.1) is 0 Å². The van der Waals surface area contributed by atoms with Crippen LogP contribution in [0.15, 0.2) is 24.3 Å². The minimum atomic E-state index is -3.25. The van der Waals surface area contributed by atoms with Gasteiger partial charge in [0.25, 0.3) is 0 Å². The van der Waals surface area contributed by atoms with Crippen LogP contribution in [0.25, 0.3) is 0 Å². The molecule has 0 bridgehead atoms. The van der Waals surface area contributed by atoms with E-state index in [1.165, 1.54) is 14.2 Å². The highest BCUT2D eigenvalue weighted by atomic mass is 32.2. The van der Waals surface area contributed by atoms with Gasteiger partial charge in [-0.25, -0.2) is 17.9 Å². The third-order valence-corrected chi connectivity index (χ3v) is 5.69. The number of nitrogens with one attached hydrogen (secondary N) is 2. The van der Waals surface area contributed by atoms with Crippen LogP contribution in [0.1, 0.15) is 34.8 Å². The summed E-state index contributed by atoms with van der Waals surface area (Å²) in [5, 5.41) is 2.92. The maximum Gasteiger partial charge on any atom is 0.337 e. The van der Waals surface area contributed by atoms with E-state index in [0.29, 0.717) is 24.9 Å². The van der Waals surface area contributed by atoms with Crippen molar-refractivity contribution in [3.05, 3.63) is 35.4 Å². The molecule has 0 aromatic heterocycles. The Morgan fingerprint density at radius 2 is 2.00 bits per heavy atom. The molecule has 0 aliphatic carbocycles. The number of esters is 1. The molecule has 116 valence electrons. The van der Waals surface area contributed by atoms with Crippen LogP contribution in [0, 0.1) is 0 Å². The van der Waals surface area contributed by atoms with Crippen LogP contribution in [0.4, 0.5) is 0 Å². The Hall–Kier alpha value is -1.44. The minimum absolute atomic E-state index is 0.0291. The number of methoxy groups -OCH3 is 1. The molecule has 0 radical (unpaired) electrons. The van der Waals surface area contributed by atoms with Crippen LogP contribution >= 0.6 is 0 Å². The molecule has 1 saturated heterocycles. The Balaban J connectivity index is 2.13. The van der Waals surface area contributed by atoms with Crippen molar-refractivity contribution in [2.24, 2.45) is 0 Å². The highest BCUT2D eigenvalue weighted by Crippen LogP contribution is 2.27. The smallest absolute Gasteiger partial charge is 0.337 e. The molecule has 0 spiro atoms. The number of carbonyl (C=O) groups is 1. The van der Waals surface area contributed by atoms with E-state index in [1.807, 2.05) is 12.1 Å². The van der Waals surface area contributed by atoms with Gasteiger partial charge in [-0.1, -0.05) is 12.1 Å². The second kappa shape index (κ2) is 6.55. The number of ether oxygens (including phenoxy) is 1. The summed E-state index contributed by atoms with van der Waals surface area (Å²) < 4.78 is 30.9. The van der Waals surface area contributed by atoms with Gasteiger partial charge in [0.2, 0.25) is 10.0 Å². The van der Waals surface area contributed by atoms with Crippen LogP contribution < -0.4 is 10.0 Å². The van der Waals surface area contributed by atoms with Gasteiger partial charge < -0.3 is 10.1 Å². The monoisotopic (exact) mass is 312 g/mol. The highest BCUT2D eigenvalue weighted by Gasteiger charge is 2.31. The van der Waals surface area contributed by atoms with Gasteiger partial charge in [0.15, 0.2) is 0 Å². The third kappa shape index (κ3) is 3.61. The fourth-order valence-electron chi connectivity index (χ4n) is 2.55. The van der Waals surface area contributed by atoms with Crippen molar-refractivity contribution < 1.29 is 17.9 Å². The predicted octanol–water partition coefficient (Wildman–Crippen LogP) is 0.816. The summed E-state index contributed by atoms with van der Waals surface area (Å²) >= 11 is 0. The first-order valence-corrected chi connectivity index (χ1v) is 8.36. The van der Waals surface area contributed by atoms with Gasteiger partial charge in [0, 0.05) is 6.04 Å². The standard InChI is InChI=1S/C14H20N2O4S/c1-15-21(18,19)12-7-8-16-13(9-12)10-3-5-11(6-4-10)14(17)20-2/h3-6,12-13,15-16H,7-9H2,1-2H3/t12-,13-/m0/s1. The first-order chi connectivity index (χ1) is 9.97. The van der Waals surface area contributed by atoms with E-state index in [9.17, 15) is 13.2 Å². The topological polar surface area (TPSA) is 84.5 Å². The minimum Gasteiger partial charge on any atom is -0.465 e. The SMILES string of the molecule is CNS(=O)(=O)[C@H]1CCN[C@H](c2ccc(C(=O)OC)cc2)C1. The normalized spacial score (nSPS) is 22.8. The number of piperidine rings is 1. The lowest BCUT2D eigenvalue weighted by Gasteiger charge is -2.30. The number of benzene rings is 1. The summed E-state index contributed by atoms with van der Waals surface area (Å²) in [6.45, 7) is 0.648. The fraction of sp³-hybridized carbons (Fsp3) is 0.500. The predicted molar refractivity (Wildman–Crippen MR) is 79.5 cm³/mol. The van der Waals surface area contributed by atoms with Crippen molar-refractivity contribution >= 4 is 16.0 Å². The Kier molecular flexibility index (Phi) is 4.97. The Morgan fingerprint density at radius 3 is 2.57 bits per heavy atom. The molecule has 1 aromatic rings. The zero-order valence-corrected chi connectivity index (χ0v) is 12.9. The van der Waals surface area contributed by atoms with Gasteiger partial charge in [-0.3, -0.25) is 0 Å². The molecule has 2 rings (SSSR count). The van der Waals surface area contributed by atoms with Crippen LogP contribution in [-0.2, 0) is 14.8 Å². The molecule has 0 saturated carbocycles. The fourth-order valence-corrected chi connectivity index (χ4v) is 3.76. The summed E-state index contributed by atoms with van der Waals surface area (Å²) in [7, 11) is -0.470. The van der Waals surface area contributed by atoms with Gasteiger partial charge >= 0.3 is 5.97 Å². The second-order valence-electron chi connectivity index (χ2n) is 5.02. The lowest BCUT2D eigenvalue weighted by molar-refractivity contribution is 0.0600. The molecule has 2 N–H and O–H groups in total. The molecule has 1 heterocycles. The summed E-state index contributed by atoms with van der Waals surface area (Å²) in [5.41, 5.74) is 1.45. The van der Waals surface area contributed by atoms with E-state index < -0.39 is 15.3 Å². The number of hydrogen-bond acceptors (Lipinski definition) is 5. The third-order valence-electron chi connectivity index (χ3n) is 3.81. The maximum atomic E-state index is 11.9. The van der Waals surface area contributed by atoms with Crippen molar-refractivity contribution in [3.8, 4) is 0 Å². The Labute approximate surface area is 124 Å². The molecule has 1 fully saturated rings. The zero-order chi connectivity index (χ0) is 15.5. The Bertz CT molecular complexity index is 598. The van der Waals surface area contributed by atoms with Crippen molar-refractivity contribution in [1.82, 2.24) is 10.0 Å². The number of sulfonamides is 1. The van der Waals surface area contributed by atoms with E-state index in [2.05, 4.69) is 14.8 Å². The number of carbonyl (C=O) groups excluding carboxylic acids is 1. The highest BCUT2D eigenvalue weighted by molar-refractivity contribution is 7.90.